The zero-order valence-corrected chi connectivity index (χ0v) is 17.7. The maximum atomic E-state index is 12.7. The summed E-state index contributed by atoms with van der Waals surface area (Å²) in [4.78, 5) is 59.0. The third-order valence-electron chi connectivity index (χ3n) is 5.34. The molecule has 0 aromatic rings. The summed E-state index contributed by atoms with van der Waals surface area (Å²) in [5.41, 5.74) is -0.702. The summed E-state index contributed by atoms with van der Waals surface area (Å²) in [5.74, 6) is -6.14. The third-order valence-corrected chi connectivity index (χ3v) is 5.34. The Balaban J connectivity index is 2.91. The maximum absolute atomic E-state index is 12.7. The highest BCUT2D eigenvalue weighted by atomic mass is 19.3. The van der Waals surface area contributed by atoms with Crippen LogP contribution >= 0.6 is 0 Å². The number of hydrogen-bond donors (Lipinski definition) is 4. The van der Waals surface area contributed by atoms with Gasteiger partial charge in [0.15, 0.2) is 0 Å². The van der Waals surface area contributed by atoms with Crippen molar-refractivity contribution >= 4 is 29.5 Å². The molecule has 0 radical (unpaired) electrons. The van der Waals surface area contributed by atoms with Gasteiger partial charge in [-0.1, -0.05) is 26.7 Å². The summed E-state index contributed by atoms with van der Waals surface area (Å²) in [6.45, 7) is 3.52. The lowest BCUT2D eigenvalue weighted by molar-refractivity contribution is -0.151. The molecule has 1 aliphatic carbocycles. The molecule has 0 aliphatic heterocycles. The van der Waals surface area contributed by atoms with Crippen molar-refractivity contribution in [3.63, 3.8) is 0 Å². The van der Waals surface area contributed by atoms with Gasteiger partial charge in [0.1, 0.15) is 12.1 Å². The lowest BCUT2D eigenvalue weighted by atomic mass is 9.79. The monoisotopic (exact) mass is 448 g/mol. The average Bonchev–Trinajstić information content (AvgIpc) is 3.05. The lowest BCUT2D eigenvalue weighted by Gasteiger charge is -2.28. The van der Waals surface area contributed by atoms with E-state index in [1.807, 2.05) is 5.32 Å². The minimum Gasteiger partial charge on any atom is -0.481 e. The number of Topliss-reactive ketones (excluding diaryl/α,β-unsaturated/α-hetero) is 1. The lowest BCUT2D eigenvalue weighted by Crippen LogP contribution is -2.53. The Hall–Kier alpha value is -2.59. The van der Waals surface area contributed by atoms with Crippen molar-refractivity contribution in [3.05, 3.63) is 0 Å². The molecule has 176 valence electrons. The van der Waals surface area contributed by atoms with E-state index in [1.165, 1.54) is 0 Å². The van der Waals surface area contributed by atoms with Crippen molar-refractivity contribution in [1.29, 1.82) is 0 Å². The Morgan fingerprint density at radius 1 is 0.903 bits per heavy atom. The van der Waals surface area contributed by atoms with Crippen LogP contribution < -0.4 is 10.6 Å². The second kappa shape index (κ2) is 11.7. The van der Waals surface area contributed by atoms with Gasteiger partial charge in [-0.3, -0.25) is 19.2 Å². The molecule has 0 aromatic heterocycles. The van der Waals surface area contributed by atoms with E-state index in [0.29, 0.717) is 12.8 Å². The number of rotatable bonds is 13. The second-order valence-electron chi connectivity index (χ2n) is 8.56. The van der Waals surface area contributed by atoms with E-state index < -0.39 is 59.9 Å². The number of carbonyl (C=O) groups excluding carboxylic acids is 3. The Labute approximate surface area is 178 Å². The number of carbonyl (C=O) groups is 5. The molecule has 0 heterocycles. The van der Waals surface area contributed by atoms with Crippen LogP contribution in [-0.2, 0) is 24.0 Å². The molecule has 31 heavy (non-hydrogen) atoms. The number of ketones is 1. The topological polar surface area (TPSA) is 150 Å². The predicted molar refractivity (Wildman–Crippen MR) is 104 cm³/mol. The highest BCUT2D eigenvalue weighted by molar-refractivity contribution is 6.35. The number of alkyl halides is 2. The zero-order valence-electron chi connectivity index (χ0n) is 17.7. The Morgan fingerprint density at radius 2 is 1.48 bits per heavy atom. The smallest absolute Gasteiger partial charge is 0.374 e. The van der Waals surface area contributed by atoms with Crippen LogP contribution in [0.4, 0.5) is 8.78 Å². The Morgan fingerprint density at radius 3 is 1.94 bits per heavy atom. The van der Waals surface area contributed by atoms with Crippen LogP contribution in [0.25, 0.3) is 0 Å². The van der Waals surface area contributed by atoms with Gasteiger partial charge in [0.05, 0.1) is 6.42 Å². The molecule has 0 spiro atoms. The molecule has 2 atom stereocenters. The fourth-order valence-electron chi connectivity index (χ4n) is 3.98. The van der Waals surface area contributed by atoms with Crippen LogP contribution in [0.1, 0.15) is 65.2 Å². The number of carboxylic acids is 2. The highest BCUT2D eigenvalue weighted by Gasteiger charge is 2.39. The quantitative estimate of drug-likeness (QED) is 0.313. The first-order valence-electron chi connectivity index (χ1n) is 10.2. The molecule has 2 unspecified atom stereocenters. The minimum absolute atomic E-state index is 0.0979. The summed E-state index contributed by atoms with van der Waals surface area (Å²) in [7, 11) is 0. The first-order chi connectivity index (χ1) is 14.3. The molecule has 0 aromatic carbocycles. The van der Waals surface area contributed by atoms with Crippen LogP contribution in [0.3, 0.4) is 0 Å². The number of carboxylic acid groups (broad SMARTS) is 2. The molecule has 0 bridgehead atoms. The first-order valence-corrected chi connectivity index (χ1v) is 10.2. The Kier molecular flexibility index (Phi) is 9.99. The van der Waals surface area contributed by atoms with Gasteiger partial charge in [0.25, 0.3) is 5.78 Å². The highest BCUT2D eigenvalue weighted by Crippen LogP contribution is 2.44. The van der Waals surface area contributed by atoms with E-state index in [1.54, 1.807) is 13.8 Å². The summed E-state index contributed by atoms with van der Waals surface area (Å²) >= 11 is 0. The molecular weight excluding hydrogens is 418 g/mol. The number of halogens is 2. The first kappa shape index (κ1) is 26.4. The fourth-order valence-corrected chi connectivity index (χ4v) is 3.98. The molecule has 11 heteroatoms. The van der Waals surface area contributed by atoms with Crippen molar-refractivity contribution in [2.45, 2.75) is 83.7 Å². The van der Waals surface area contributed by atoms with Gasteiger partial charge < -0.3 is 20.8 Å². The molecular formula is C20H30F2N2O7. The maximum Gasteiger partial charge on any atom is 0.374 e. The second-order valence-corrected chi connectivity index (χ2v) is 8.56. The van der Waals surface area contributed by atoms with Crippen molar-refractivity contribution in [1.82, 2.24) is 10.6 Å². The Bertz CT molecular complexity index is 691. The van der Waals surface area contributed by atoms with Gasteiger partial charge in [-0.25, -0.2) is 13.6 Å². The van der Waals surface area contributed by atoms with Crippen molar-refractivity contribution in [3.8, 4) is 0 Å². The summed E-state index contributed by atoms with van der Waals surface area (Å²) in [6, 6.07) is -3.11. The van der Waals surface area contributed by atoms with Crippen molar-refractivity contribution in [2.24, 2.45) is 11.3 Å². The molecule has 1 fully saturated rings. The van der Waals surface area contributed by atoms with Crippen molar-refractivity contribution in [2.75, 3.05) is 0 Å². The zero-order chi connectivity index (χ0) is 23.8. The largest absolute Gasteiger partial charge is 0.481 e. The number of nitrogens with one attached hydrogen (secondary N) is 2. The normalized spacial score (nSPS) is 17.2. The molecule has 1 saturated carbocycles. The van der Waals surface area contributed by atoms with Crippen LogP contribution in [-0.4, -0.2) is 58.3 Å². The van der Waals surface area contributed by atoms with E-state index >= 15 is 0 Å². The predicted octanol–water partition coefficient (Wildman–Crippen LogP) is 1.74. The number of aliphatic carboxylic acids is 2. The van der Waals surface area contributed by atoms with E-state index in [0.717, 1.165) is 12.8 Å². The van der Waals surface area contributed by atoms with Crippen LogP contribution in [0, 0.1) is 11.3 Å². The number of amides is 2. The summed E-state index contributed by atoms with van der Waals surface area (Å²) in [6.07, 6.45) is -1.63. The van der Waals surface area contributed by atoms with Crippen LogP contribution in [0.5, 0.6) is 0 Å². The summed E-state index contributed by atoms with van der Waals surface area (Å²) in [5, 5.41) is 22.5. The van der Waals surface area contributed by atoms with Gasteiger partial charge in [0.2, 0.25) is 18.2 Å². The van der Waals surface area contributed by atoms with E-state index in [-0.39, 0.29) is 25.2 Å². The van der Waals surface area contributed by atoms with E-state index in [9.17, 15) is 37.9 Å². The van der Waals surface area contributed by atoms with Crippen LogP contribution in [0.2, 0.25) is 0 Å². The van der Waals surface area contributed by atoms with E-state index in [4.69, 9.17) is 5.11 Å². The van der Waals surface area contributed by atoms with E-state index in [2.05, 4.69) is 5.32 Å². The molecule has 1 aliphatic rings. The SMILES string of the molecule is CC(C)CC(NC(=O)CC1(CC(=O)O)CCCC1)C(=O)NC(CC(F)F)C(=O)C(=O)O. The van der Waals surface area contributed by atoms with Crippen molar-refractivity contribution < 1.29 is 43.0 Å². The third kappa shape index (κ3) is 8.97. The van der Waals surface area contributed by atoms with Gasteiger partial charge in [-0.2, -0.15) is 0 Å². The molecule has 0 saturated heterocycles. The van der Waals surface area contributed by atoms with Crippen LogP contribution in [0.15, 0.2) is 0 Å². The average molecular weight is 448 g/mol. The number of hydrogen-bond acceptors (Lipinski definition) is 5. The molecule has 9 nitrogen and oxygen atoms in total. The van der Waals surface area contributed by atoms with Gasteiger partial charge in [-0.15, -0.1) is 0 Å². The molecule has 2 amide bonds. The molecule has 1 rings (SSSR count). The summed E-state index contributed by atoms with van der Waals surface area (Å²) < 4.78 is 25.5. The fraction of sp³-hybridized carbons (Fsp3) is 0.750. The minimum atomic E-state index is -3.02. The van der Waals surface area contributed by atoms with Gasteiger partial charge in [-0.05, 0) is 30.6 Å². The van der Waals surface area contributed by atoms with Gasteiger partial charge >= 0.3 is 11.9 Å². The molecule has 4 N–H and O–H groups in total. The standard InChI is InChI=1S/C20H30F2N2O7/c1-11(2)7-13(18(29)24-12(8-14(21)22)17(28)19(30)31)23-15(25)9-20(10-16(26)27)5-3-4-6-20/h11-14H,3-10H2,1-2H3,(H,23,25)(H,24,29)(H,26,27)(H,30,31). The van der Waals surface area contributed by atoms with Gasteiger partial charge in [0, 0.05) is 12.8 Å².